The molecule has 166 valence electrons. The number of nitrogens with one attached hydrogen (secondary N) is 1. The van der Waals surface area contributed by atoms with Crippen LogP contribution in [0.4, 0.5) is 0 Å². The van der Waals surface area contributed by atoms with Gasteiger partial charge < -0.3 is 14.5 Å². The van der Waals surface area contributed by atoms with Crippen LogP contribution in [0, 0.1) is 6.92 Å². The molecule has 1 unspecified atom stereocenters. The van der Waals surface area contributed by atoms with Gasteiger partial charge in [-0.1, -0.05) is 30.3 Å². The highest BCUT2D eigenvalue weighted by Gasteiger charge is 2.32. The molecular formula is C24H27N5O3. The number of aryl methyl sites for hydroxylation is 1. The van der Waals surface area contributed by atoms with E-state index in [9.17, 15) is 9.59 Å². The number of aromatic nitrogens is 3. The number of amides is 2. The van der Waals surface area contributed by atoms with Crippen molar-refractivity contribution in [3.63, 3.8) is 0 Å². The predicted octanol–water partition coefficient (Wildman–Crippen LogP) is 2.23. The lowest BCUT2D eigenvalue weighted by atomic mass is 10.1. The number of hydrogen-bond donors (Lipinski definition) is 1. The fraction of sp³-hybridized carbons (Fsp3) is 0.333. The number of carbonyl (C=O) groups excluding carboxylic acids is 2. The minimum Gasteiger partial charge on any atom is -0.370 e. The van der Waals surface area contributed by atoms with E-state index >= 15 is 0 Å². The molecule has 8 nitrogen and oxygen atoms in total. The second-order valence-electron chi connectivity index (χ2n) is 7.99. The van der Waals surface area contributed by atoms with Crippen LogP contribution in [0.25, 0.3) is 0 Å². The van der Waals surface area contributed by atoms with Crippen molar-refractivity contribution in [2.45, 2.75) is 26.1 Å². The van der Waals surface area contributed by atoms with Crippen molar-refractivity contribution in [3.05, 3.63) is 83.4 Å². The van der Waals surface area contributed by atoms with Crippen LogP contribution in [0.1, 0.15) is 27.3 Å². The summed E-state index contributed by atoms with van der Waals surface area (Å²) in [4.78, 5) is 33.4. The molecule has 1 aliphatic rings. The fourth-order valence-electron chi connectivity index (χ4n) is 3.75. The normalized spacial score (nSPS) is 16.8. The summed E-state index contributed by atoms with van der Waals surface area (Å²) in [6, 6.07) is 15.5. The number of benzene rings is 1. The summed E-state index contributed by atoms with van der Waals surface area (Å²) in [5.74, 6) is -0.360. The highest BCUT2D eigenvalue weighted by Crippen LogP contribution is 2.15. The Morgan fingerprint density at radius 3 is 2.62 bits per heavy atom. The van der Waals surface area contributed by atoms with Gasteiger partial charge in [0, 0.05) is 37.7 Å². The summed E-state index contributed by atoms with van der Waals surface area (Å²) in [6.07, 6.45) is 3.87. The van der Waals surface area contributed by atoms with Crippen LogP contribution >= 0.6 is 0 Å². The van der Waals surface area contributed by atoms with Crippen molar-refractivity contribution in [1.82, 2.24) is 25.0 Å². The molecule has 32 heavy (non-hydrogen) atoms. The maximum atomic E-state index is 13.0. The number of pyridine rings is 1. The van der Waals surface area contributed by atoms with Crippen LogP contribution in [0.5, 0.6) is 0 Å². The summed E-state index contributed by atoms with van der Waals surface area (Å²) < 4.78 is 6.16. The summed E-state index contributed by atoms with van der Waals surface area (Å²) in [5.41, 5.74) is 3.26. The van der Waals surface area contributed by atoms with Crippen molar-refractivity contribution in [2.24, 2.45) is 0 Å². The van der Waals surface area contributed by atoms with Gasteiger partial charge in [0.15, 0.2) is 0 Å². The lowest BCUT2D eigenvalue weighted by molar-refractivity contribution is -0.131. The largest absolute Gasteiger partial charge is 0.370 e. The molecule has 3 heterocycles. The van der Waals surface area contributed by atoms with Gasteiger partial charge in [-0.05, 0) is 42.7 Å². The van der Waals surface area contributed by atoms with Crippen molar-refractivity contribution in [2.75, 3.05) is 26.2 Å². The number of rotatable bonds is 7. The van der Waals surface area contributed by atoms with Gasteiger partial charge in [-0.3, -0.25) is 19.7 Å². The minimum atomic E-state index is -0.311. The standard InChI is InChI=1S/C24H27N5O3/c1-18-13-22(27-26-18)24(31)29-15-21(32-17-20-7-10-25-11-8-20)14-28(23(30)16-29)12-9-19-5-3-2-4-6-19/h2-8,10-11,13,21H,9,12,14-17H2,1H3,(H,26,27). The molecule has 0 spiro atoms. The van der Waals surface area contributed by atoms with Crippen molar-refractivity contribution >= 4 is 11.8 Å². The van der Waals surface area contributed by atoms with E-state index in [1.165, 1.54) is 10.5 Å². The molecule has 4 rings (SSSR count). The number of ether oxygens (including phenoxy) is 1. The first-order valence-electron chi connectivity index (χ1n) is 10.7. The average molecular weight is 434 g/mol. The minimum absolute atomic E-state index is 0.00858. The van der Waals surface area contributed by atoms with E-state index < -0.39 is 0 Å². The van der Waals surface area contributed by atoms with E-state index in [4.69, 9.17) is 4.74 Å². The second kappa shape index (κ2) is 10.2. The van der Waals surface area contributed by atoms with E-state index in [-0.39, 0.29) is 24.5 Å². The monoisotopic (exact) mass is 433 g/mol. The molecule has 0 bridgehead atoms. The molecule has 1 atom stereocenters. The summed E-state index contributed by atoms with van der Waals surface area (Å²) in [5, 5.41) is 6.86. The predicted molar refractivity (Wildman–Crippen MR) is 119 cm³/mol. The molecule has 3 aromatic rings. The van der Waals surface area contributed by atoms with Crippen LogP contribution in [0.15, 0.2) is 60.9 Å². The van der Waals surface area contributed by atoms with Crippen LogP contribution < -0.4 is 0 Å². The fourth-order valence-corrected chi connectivity index (χ4v) is 3.75. The van der Waals surface area contributed by atoms with E-state index in [1.807, 2.05) is 37.3 Å². The van der Waals surface area contributed by atoms with Crippen molar-refractivity contribution in [1.29, 1.82) is 0 Å². The topological polar surface area (TPSA) is 91.4 Å². The first-order chi connectivity index (χ1) is 15.6. The van der Waals surface area contributed by atoms with Gasteiger partial charge in [-0.15, -0.1) is 0 Å². The Morgan fingerprint density at radius 1 is 1.12 bits per heavy atom. The summed E-state index contributed by atoms with van der Waals surface area (Å²) in [6.45, 7) is 3.56. The number of nitrogens with zero attached hydrogens (tertiary/aromatic N) is 4. The van der Waals surface area contributed by atoms with Gasteiger partial charge in [0.2, 0.25) is 5.91 Å². The van der Waals surface area contributed by atoms with Gasteiger partial charge in [-0.2, -0.15) is 5.10 Å². The molecule has 2 aromatic heterocycles. The Bertz CT molecular complexity index is 1040. The first-order valence-corrected chi connectivity index (χ1v) is 10.7. The van der Waals surface area contributed by atoms with E-state index in [2.05, 4.69) is 27.3 Å². The molecular weight excluding hydrogens is 406 g/mol. The van der Waals surface area contributed by atoms with Crippen LogP contribution in [0.2, 0.25) is 0 Å². The van der Waals surface area contributed by atoms with E-state index in [1.54, 1.807) is 23.4 Å². The average Bonchev–Trinajstić information content (AvgIpc) is 3.19. The third-order valence-corrected chi connectivity index (χ3v) is 5.49. The quantitative estimate of drug-likeness (QED) is 0.617. The van der Waals surface area contributed by atoms with Gasteiger partial charge in [0.05, 0.1) is 12.7 Å². The molecule has 1 N–H and O–H groups in total. The molecule has 1 saturated heterocycles. The maximum Gasteiger partial charge on any atom is 0.274 e. The molecule has 0 radical (unpaired) electrons. The number of hydrogen-bond acceptors (Lipinski definition) is 5. The summed E-state index contributed by atoms with van der Waals surface area (Å²) >= 11 is 0. The Morgan fingerprint density at radius 2 is 1.91 bits per heavy atom. The second-order valence-corrected chi connectivity index (χ2v) is 7.99. The Hall–Kier alpha value is -3.52. The van der Waals surface area contributed by atoms with Crippen LogP contribution in [-0.2, 0) is 22.6 Å². The van der Waals surface area contributed by atoms with Gasteiger partial charge in [-0.25, -0.2) is 0 Å². The third-order valence-electron chi connectivity index (χ3n) is 5.49. The SMILES string of the molecule is Cc1cc(C(=O)N2CC(=O)N(CCc3ccccc3)CC(OCc3ccncc3)C2)n[nH]1. The van der Waals surface area contributed by atoms with E-state index in [0.29, 0.717) is 31.9 Å². The zero-order chi connectivity index (χ0) is 22.3. The number of H-pyrrole nitrogens is 1. The highest BCUT2D eigenvalue weighted by molar-refractivity contribution is 5.95. The van der Waals surface area contributed by atoms with Gasteiger partial charge in [0.25, 0.3) is 5.91 Å². The number of aromatic amines is 1. The Labute approximate surface area is 187 Å². The highest BCUT2D eigenvalue weighted by atomic mass is 16.5. The Balaban J connectivity index is 1.48. The van der Waals surface area contributed by atoms with Crippen LogP contribution in [-0.4, -0.2) is 69.1 Å². The van der Waals surface area contributed by atoms with E-state index in [0.717, 1.165) is 17.7 Å². The van der Waals surface area contributed by atoms with Crippen molar-refractivity contribution in [3.8, 4) is 0 Å². The zero-order valence-electron chi connectivity index (χ0n) is 18.1. The molecule has 1 fully saturated rings. The Kier molecular flexibility index (Phi) is 6.91. The first kappa shape index (κ1) is 21.7. The molecule has 0 saturated carbocycles. The molecule has 1 aliphatic heterocycles. The lowest BCUT2D eigenvalue weighted by Gasteiger charge is -2.24. The van der Waals surface area contributed by atoms with Crippen molar-refractivity contribution < 1.29 is 14.3 Å². The zero-order valence-corrected chi connectivity index (χ0v) is 18.1. The molecule has 0 aliphatic carbocycles. The van der Waals surface area contributed by atoms with Gasteiger partial charge in [0.1, 0.15) is 12.2 Å². The maximum absolute atomic E-state index is 13.0. The third kappa shape index (κ3) is 5.59. The summed E-state index contributed by atoms with van der Waals surface area (Å²) in [7, 11) is 0. The molecule has 8 heteroatoms. The molecule has 1 aromatic carbocycles. The molecule has 2 amide bonds. The van der Waals surface area contributed by atoms with Crippen LogP contribution in [0.3, 0.4) is 0 Å². The smallest absolute Gasteiger partial charge is 0.274 e. The number of carbonyl (C=O) groups is 2. The lowest BCUT2D eigenvalue weighted by Crippen LogP contribution is -2.40. The van der Waals surface area contributed by atoms with Gasteiger partial charge >= 0.3 is 0 Å².